The molecule has 0 atom stereocenters. The standard InChI is InChI=1S/C5F10/c6-1(3(9,10)2(7)8)4(11,12)5(13,14)15. The Bertz CT molecular complexity index is 214. The lowest BCUT2D eigenvalue weighted by Gasteiger charge is -2.26. The molecule has 0 heterocycles. The quantitative estimate of drug-likeness (QED) is 0.669. The summed E-state index contributed by atoms with van der Waals surface area (Å²) in [5.74, 6) is -12.9. The Morgan fingerprint density at radius 3 is 1.20 bits per heavy atom. The summed E-state index contributed by atoms with van der Waals surface area (Å²) in [7, 11) is 0. The summed E-state index contributed by atoms with van der Waals surface area (Å²) < 4.78 is 115. The molecule has 0 rings (SSSR count). The van der Waals surface area contributed by atoms with E-state index >= 15 is 0 Å². The summed E-state index contributed by atoms with van der Waals surface area (Å²) in [6, 6.07) is 0. The van der Waals surface area contributed by atoms with E-state index < -0.39 is 30.6 Å². The van der Waals surface area contributed by atoms with Gasteiger partial charge in [-0.3, -0.25) is 0 Å². The van der Waals surface area contributed by atoms with Gasteiger partial charge in [0.25, 0.3) is 6.17 Å². The summed E-state index contributed by atoms with van der Waals surface area (Å²) in [6.07, 6.45) is -15.4. The SMILES string of the molecule is F[C](F)C(F)(F)[C](F)C(F)(F)C(F)(F)F. The number of hydrogen-bond donors (Lipinski definition) is 0. The minimum absolute atomic E-state index is 4.19. The van der Waals surface area contributed by atoms with Crippen molar-refractivity contribution in [1.82, 2.24) is 0 Å². The summed E-state index contributed by atoms with van der Waals surface area (Å²) in [5, 5.41) is 0. The van der Waals surface area contributed by atoms with Crippen LogP contribution in [0.5, 0.6) is 0 Å². The average Bonchev–Trinajstić information content (AvgIpc) is 2.00. The fourth-order valence-electron chi connectivity index (χ4n) is 0.405. The molecule has 0 unspecified atom stereocenters. The molecule has 0 aliphatic rings. The van der Waals surface area contributed by atoms with Gasteiger partial charge in [0.15, 0.2) is 0 Å². The van der Waals surface area contributed by atoms with Gasteiger partial charge in [0.2, 0.25) is 0 Å². The zero-order valence-corrected chi connectivity index (χ0v) is 6.28. The zero-order chi connectivity index (χ0) is 12.7. The van der Waals surface area contributed by atoms with E-state index in [1.54, 1.807) is 0 Å². The van der Waals surface area contributed by atoms with E-state index in [-0.39, 0.29) is 0 Å². The summed E-state index contributed by atoms with van der Waals surface area (Å²) in [4.78, 5) is 0. The second-order valence-electron chi connectivity index (χ2n) is 2.22. The summed E-state index contributed by atoms with van der Waals surface area (Å²) >= 11 is 0. The van der Waals surface area contributed by atoms with Gasteiger partial charge in [-0.15, -0.1) is 0 Å². The van der Waals surface area contributed by atoms with Crippen LogP contribution < -0.4 is 0 Å². The van der Waals surface area contributed by atoms with Gasteiger partial charge in [-0.05, 0) is 0 Å². The molecule has 0 bridgehead atoms. The molecule has 10 heteroatoms. The Morgan fingerprint density at radius 2 is 1.00 bits per heavy atom. The van der Waals surface area contributed by atoms with E-state index in [0.717, 1.165) is 0 Å². The molecule has 0 aliphatic carbocycles. The van der Waals surface area contributed by atoms with Crippen molar-refractivity contribution in [2.24, 2.45) is 0 Å². The molecule has 0 saturated carbocycles. The monoisotopic (exact) mass is 250 g/mol. The van der Waals surface area contributed by atoms with E-state index in [2.05, 4.69) is 0 Å². The lowest BCUT2D eigenvalue weighted by atomic mass is 10.1. The lowest BCUT2D eigenvalue weighted by molar-refractivity contribution is -0.301. The normalized spacial score (nSPS) is 15.2. The predicted molar refractivity (Wildman–Crippen MR) is 25.8 cm³/mol. The summed E-state index contributed by atoms with van der Waals surface area (Å²) in [6.45, 7) is 0. The van der Waals surface area contributed by atoms with E-state index in [4.69, 9.17) is 0 Å². The average molecular weight is 250 g/mol. The third-order valence-corrected chi connectivity index (χ3v) is 1.14. The predicted octanol–water partition coefficient (Wildman–Crippen LogP) is 3.75. The lowest BCUT2D eigenvalue weighted by Crippen LogP contribution is -2.48. The highest BCUT2D eigenvalue weighted by Crippen LogP contribution is 2.52. The number of alkyl halides is 7. The van der Waals surface area contributed by atoms with Crippen LogP contribution in [0.1, 0.15) is 0 Å². The third kappa shape index (κ3) is 2.46. The Kier molecular flexibility index (Phi) is 3.53. The molecule has 0 aromatic carbocycles. The van der Waals surface area contributed by atoms with Crippen molar-refractivity contribution in [3.8, 4) is 0 Å². The molecule has 0 amide bonds. The van der Waals surface area contributed by atoms with E-state index in [0.29, 0.717) is 0 Å². The van der Waals surface area contributed by atoms with Crippen LogP contribution in [-0.2, 0) is 0 Å². The van der Waals surface area contributed by atoms with Gasteiger partial charge in [-0.2, -0.15) is 39.5 Å². The molecular formula is C5F10. The first kappa shape index (κ1) is 14.3. The van der Waals surface area contributed by atoms with Crippen LogP contribution in [0.4, 0.5) is 43.9 Å². The fourth-order valence-corrected chi connectivity index (χ4v) is 0.405. The molecule has 15 heavy (non-hydrogen) atoms. The van der Waals surface area contributed by atoms with Gasteiger partial charge >= 0.3 is 24.4 Å². The van der Waals surface area contributed by atoms with Crippen LogP contribution in [0.15, 0.2) is 0 Å². The van der Waals surface area contributed by atoms with Crippen LogP contribution in [0, 0.1) is 12.6 Å². The maximum Gasteiger partial charge on any atom is 0.457 e. The van der Waals surface area contributed by atoms with Crippen LogP contribution in [0.25, 0.3) is 0 Å². The number of halogens is 10. The molecule has 0 nitrogen and oxygen atoms in total. The van der Waals surface area contributed by atoms with Crippen molar-refractivity contribution in [2.75, 3.05) is 0 Å². The molecule has 0 aliphatic heterocycles. The first-order valence-corrected chi connectivity index (χ1v) is 2.89. The highest BCUT2D eigenvalue weighted by Gasteiger charge is 2.74. The molecule has 90 valence electrons. The van der Waals surface area contributed by atoms with Crippen LogP contribution in [0.2, 0.25) is 0 Å². The molecule has 0 saturated heterocycles. The van der Waals surface area contributed by atoms with Gasteiger partial charge in [0, 0.05) is 0 Å². The van der Waals surface area contributed by atoms with E-state index in [1.165, 1.54) is 0 Å². The van der Waals surface area contributed by atoms with E-state index in [1.807, 2.05) is 0 Å². The van der Waals surface area contributed by atoms with Gasteiger partial charge in [0.05, 0.1) is 0 Å². The Balaban J connectivity index is 5.09. The van der Waals surface area contributed by atoms with Gasteiger partial charge < -0.3 is 0 Å². The highest BCUT2D eigenvalue weighted by atomic mass is 19.4. The van der Waals surface area contributed by atoms with E-state index in [9.17, 15) is 43.9 Å². The maximum atomic E-state index is 11.9. The van der Waals surface area contributed by atoms with Crippen molar-refractivity contribution in [3.63, 3.8) is 0 Å². The second kappa shape index (κ2) is 3.71. The van der Waals surface area contributed by atoms with Crippen molar-refractivity contribution >= 4 is 0 Å². The minimum atomic E-state index is -6.71. The smallest absolute Gasteiger partial charge is 0.226 e. The van der Waals surface area contributed by atoms with Gasteiger partial charge in [-0.1, -0.05) is 0 Å². The molecular weight excluding hydrogens is 250 g/mol. The molecule has 2 radical (unpaired) electrons. The first-order valence-electron chi connectivity index (χ1n) is 2.89. The van der Waals surface area contributed by atoms with Crippen LogP contribution in [0.3, 0.4) is 0 Å². The molecule has 0 spiro atoms. The Morgan fingerprint density at radius 1 is 0.667 bits per heavy atom. The van der Waals surface area contributed by atoms with Crippen LogP contribution >= 0.6 is 0 Å². The molecule has 0 aromatic rings. The van der Waals surface area contributed by atoms with Gasteiger partial charge in [0.1, 0.15) is 0 Å². The largest absolute Gasteiger partial charge is 0.457 e. The molecule has 0 aromatic heterocycles. The van der Waals surface area contributed by atoms with Crippen molar-refractivity contribution in [2.45, 2.75) is 18.0 Å². The van der Waals surface area contributed by atoms with Crippen molar-refractivity contribution in [3.05, 3.63) is 12.6 Å². The molecule has 0 fully saturated rings. The Labute approximate surface area is 75.9 Å². The fraction of sp³-hybridized carbons (Fsp3) is 0.600. The number of hydrogen-bond acceptors (Lipinski definition) is 0. The Hall–Kier alpha value is -0.700. The third-order valence-electron chi connectivity index (χ3n) is 1.14. The van der Waals surface area contributed by atoms with Gasteiger partial charge in [-0.25, -0.2) is 4.39 Å². The zero-order valence-electron chi connectivity index (χ0n) is 6.28. The second-order valence-corrected chi connectivity index (χ2v) is 2.22. The number of rotatable bonds is 3. The van der Waals surface area contributed by atoms with Crippen LogP contribution in [-0.4, -0.2) is 18.0 Å². The highest BCUT2D eigenvalue weighted by molar-refractivity contribution is 5.13. The molecule has 0 N–H and O–H groups in total. The van der Waals surface area contributed by atoms with Crippen molar-refractivity contribution in [1.29, 1.82) is 0 Å². The maximum absolute atomic E-state index is 11.9. The topological polar surface area (TPSA) is 0 Å². The summed E-state index contributed by atoms with van der Waals surface area (Å²) in [5.41, 5.74) is 0. The first-order chi connectivity index (χ1) is 6.35. The minimum Gasteiger partial charge on any atom is -0.226 e. The van der Waals surface area contributed by atoms with Crippen molar-refractivity contribution < 1.29 is 43.9 Å².